The van der Waals surface area contributed by atoms with Gasteiger partial charge in [0.1, 0.15) is 0 Å². The van der Waals surface area contributed by atoms with E-state index in [-0.39, 0.29) is 0 Å². The van der Waals surface area contributed by atoms with E-state index in [4.69, 9.17) is 0 Å². The van der Waals surface area contributed by atoms with E-state index in [1.54, 1.807) is 12.3 Å². The number of nitrogens with one attached hydrogen (secondary N) is 1. The van der Waals surface area contributed by atoms with Crippen LogP contribution in [-0.4, -0.2) is 10.8 Å². The lowest BCUT2D eigenvalue weighted by molar-refractivity contribution is 1.16. The number of hydrazone groups is 1. The summed E-state index contributed by atoms with van der Waals surface area (Å²) in [6, 6.07) is 21.4. The number of amidine groups is 1. The summed E-state index contributed by atoms with van der Waals surface area (Å²) in [5.41, 5.74) is 7.20. The normalized spacial score (nSPS) is 11.7. The predicted octanol–water partition coefficient (Wildman–Crippen LogP) is 5.26. The summed E-state index contributed by atoms with van der Waals surface area (Å²) in [6.07, 6.45) is 1.68. The molecule has 2 aromatic carbocycles. The number of pyridine rings is 1. The summed E-state index contributed by atoms with van der Waals surface area (Å²) >= 11 is 0. The number of aryl methyl sites for hydroxylation is 2. The number of azo groups is 1. The second-order valence-corrected chi connectivity index (χ2v) is 5.62. The molecule has 0 amide bonds. The highest BCUT2D eigenvalue weighted by atomic mass is 15.3. The Kier molecular flexibility index (Phi) is 5.26. The first-order valence-electron chi connectivity index (χ1n) is 8.01. The molecule has 25 heavy (non-hydrogen) atoms. The van der Waals surface area contributed by atoms with E-state index in [1.807, 2.05) is 56.3 Å². The molecule has 0 aliphatic heterocycles. The first-order chi connectivity index (χ1) is 12.2. The lowest BCUT2D eigenvalue weighted by Crippen LogP contribution is -2.02. The SMILES string of the molecule is Cc1ccc(C)c(N/N=C(/N=Nc2ccccn2)c2ccccc2)c1. The lowest BCUT2D eigenvalue weighted by Gasteiger charge is -2.07. The Labute approximate surface area is 147 Å². The first-order valence-corrected chi connectivity index (χ1v) is 8.01. The van der Waals surface area contributed by atoms with Gasteiger partial charge in [0.25, 0.3) is 0 Å². The van der Waals surface area contributed by atoms with Gasteiger partial charge in [0.05, 0.1) is 5.69 Å². The zero-order chi connectivity index (χ0) is 17.5. The largest absolute Gasteiger partial charge is 0.276 e. The Morgan fingerprint density at radius 1 is 0.920 bits per heavy atom. The van der Waals surface area contributed by atoms with Gasteiger partial charge in [0.2, 0.25) is 5.84 Å². The summed E-state index contributed by atoms with van der Waals surface area (Å²) in [5, 5.41) is 12.9. The standard InChI is InChI=1S/C20H19N5/c1-15-11-12-16(2)18(14-15)22-24-20(17-8-4-3-5-9-17)25-23-19-10-6-7-13-21-19/h3-14,22H,1-2H3/b24-20+,25-23?. The number of anilines is 1. The summed E-state index contributed by atoms with van der Waals surface area (Å²) < 4.78 is 0. The van der Waals surface area contributed by atoms with Crippen LogP contribution in [0.2, 0.25) is 0 Å². The van der Waals surface area contributed by atoms with Gasteiger partial charge in [-0.15, -0.1) is 10.2 Å². The molecule has 5 nitrogen and oxygen atoms in total. The van der Waals surface area contributed by atoms with Gasteiger partial charge in [-0.05, 0) is 43.2 Å². The van der Waals surface area contributed by atoms with E-state index >= 15 is 0 Å². The number of rotatable bonds is 4. The topological polar surface area (TPSA) is 62.0 Å². The van der Waals surface area contributed by atoms with Crippen LogP contribution in [0.15, 0.2) is 88.3 Å². The van der Waals surface area contributed by atoms with Gasteiger partial charge in [0.15, 0.2) is 5.82 Å². The van der Waals surface area contributed by atoms with Crippen molar-refractivity contribution in [3.63, 3.8) is 0 Å². The van der Waals surface area contributed by atoms with Gasteiger partial charge >= 0.3 is 0 Å². The van der Waals surface area contributed by atoms with Crippen molar-refractivity contribution >= 4 is 17.3 Å². The quantitative estimate of drug-likeness (QED) is 0.307. The highest BCUT2D eigenvalue weighted by Crippen LogP contribution is 2.17. The van der Waals surface area contributed by atoms with Crippen molar-refractivity contribution in [1.29, 1.82) is 0 Å². The molecule has 0 atom stereocenters. The molecular weight excluding hydrogens is 310 g/mol. The monoisotopic (exact) mass is 329 g/mol. The molecule has 1 N–H and O–H groups in total. The van der Waals surface area contributed by atoms with Gasteiger partial charge in [-0.2, -0.15) is 5.10 Å². The number of hydrogen-bond donors (Lipinski definition) is 1. The van der Waals surface area contributed by atoms with E-state index in [9.17, 15) is 0 Å². The van der Waals surface area contributed by atoms with Crippen molar-refractivity contribution in [2.45, 2.75) is 13.8 Å². The summed E-state index contributed by atoms with van der Waals surface area (Å²) in [7, 11) is 0. The predicted molar refractivity (Wildman–Crippen MR) is 101 cm³/mol. The Balaban J connectivity index is 1.91. The Morgan fingerprint density at radius 3 is 2.48 bits per heavy atom. The van der Waals surface area contributed by atoms with Crippen molar-refractivity contribution in [2.24, 2.45) is 15.3 Å². The summed E-state index contributed by atoms with van der Waals surface area (Å²) in [4.78, 5) is 4.15. The van der Waals surface area contributed by atoms with Crippen LogP contribution < -0.4 is 5.43 Å². The first kappa shape index (κ1) is 16.5. The van der Waals surface area contributed by atoms with E-state index in [1.165, 1.54) is 5.56 Å². The van der Waals surface area contributed by atoms with Crippen LogP contribution in [0.1, 0.15) is 16.7 Å². The smallest absolute Gasteiger partial charge is 0.201 e. The fourth-order valence-corrected chi connectivity index (χ4v) is 2.21. The van der Waals surface area contributed by atoms with Crippen molar-refractivity contribution in [3.8, 4) is 0 Å². The van der Waals surface area contributed by atoms with Gasteiger partial charge in [0, 0.05) is 11.8 Å². The van der Waals surface area contributed by atoms with Crippen molar-refractivity contribution < 1.29 is 0 Å². The van der Waals surface area contributed by atoms with E-state index < -0.39 is 0 Å². The molecule has 0 aliphatic carbocycles. The maximum atomic E-state index is 4.46. The molecule has 3 aromatic rings. The minimum atomic E-state index is 0.493. The molecule has 124 valence electrons. The fourth-order valence-electron chi connectivity index (χ4n) is 2.21. The van der Waals surface area contributed by atoms with Gasteiger partial charge in [-0.1, -0.05) is 48.5 Å². The zero-order valence-electron chi connectivity index (χ0n) is 14.2. The van der Waals surface area contributed by atoms with Gasteiger partial charge in [-0.25, -0.2) is 4.98 Å². The van der Waals surface area contributed by atoms with Crippen molar-refractivity contribution in [1.82, 2.24) is 4.98 Å². The van der Waals surface area contributed by atoms with Crippen LogP contribution in [0.25, 0.3) is 0 Å². The molecule has 0 unspecified atom stereocenters. The minimum absolute atomic E-state index is 0.493. The van der Waals surface area contributed by atoms with E-state index in [0.717, 1.165) is 16.8 Å². The van der Waals surface area contributed by atoms with Crippen molar-refractivity contribution in [3.05, 3.63) is 89.6 Å². The van der Waals surface area contributed by atoms with Crippen LogP contribution in [0.4, 0.5) is 11.5 Å². The third-order valence-corrected chi connectivity index (χ3v) is 3.60. The Bertz CT molecular complexity index is 886. The van der Waals surface area contributed by atoms with Gasteiger partial charge < -0.3 is 0 Å². The molecule has 0 saturated heterocycles. The second kappa shape index (κ2) is 7.97. The molecule has 0 aliphatic rings. The number of hydrogen-bond acceptors (Lipinski definition) is 4. The molecule has 0 spiro atoms. The van der Waals surface area contributed by atoms with Crippen LogP contribution in [0.3, 0.4) is 0 Å². The average molecular weight is 329 g/mol. The second-order valence-electron chi connectivity index (χ2n) is 5.62. The molecule has 0 saturated carbocycles. The molecule has 0 bridgehead atoms. The highest BCUT2D eigenvalue weighted by molar-refractivity contribution is 5.99. The third-order valence-electron chi connectivity index (χ3n) is 3.60. The molecule has 0 fully saturated rings. The fraction of sp³-hybridized carbons (Fsp3) is 0.100. The number of aromatic nitrogens is 1. The maximum absolute atomic E-state index is 4.46. The minimum Gasteiger partial charge on any atom is -0.276 e. The highest BCUT2D eigenvalue weighted by Gasteiger charge is 2.04. The molecule has 5 heteroatoms. The van der Waals surface area contributed by atoms with E-state index in [0.29, 0.717) is 11.7 Å². The van der Waals surface area contributed by atoms with Crippen LogP contribution >= 0.6 is 0 Å². The van der Waals surface area contributed by atoms with E-state index in [2.05, 4.69) is 43.9 Å². The van der Waals surface area contributed by atoms with Crippen LogP contribution in [0.5, 0.6) is 0 Å². The number of benzene rings is 2. The molecule has 3 rings (SSSR count). The summed E-state index contributed by atoms with van der Waals surface area (Å²) in [5.74, 6) is 1.03. The zero-order valence-corrected chi connectivity index (χ0v) is 14.2. The van der Waals surface area contributed by atoms with Gasteiger partial charge in [-0.3, -0.25) is 5.43 Å². The average Bonchev–Trinajstić information content (AvgIpc) is 2.66. The molecule has 1 aromatic heterocycles. The Hall–Kier alpha value is -3.34. The molecule has 1 heterocycles. The van der Waals surface area contributed by atoms with Crippen molar-refractivity contribution in [2.75, 3.05) is 5.43 Å². The maximum Gasteiger partial charge on any atom is 0.201 e. The molecular formula is C20H19N5. The van der Waals surface area contributed by atoms with Crippen LogP contribution in [0, 0.1) is 13.8 Å². The summed E-state index contributed by atoms with van der Waals surface area (Å²) in [6.45, 7) is 4.09. The third kappa shape index (κ3) is 4.57. The van der Waals surface area contributed by atoms with Crippen LogP contribution in [-0.2, 0) is 0 Å². The molecule has 0 radical (unpaired) electrons. The Morgan fingerprint density at radius 2 is 1.72 bits per heavy atom. The number of nitrogens with zero attached hydrogens (tertiary/aromatic N) is 4. The lowest BCUT2D eigenvalue weighted by atomic mass is 10.1.